The highest BCUT2D eigenvalue weighted by atomic mass is 16.3. The van der Waals surface area contributed by atoms with E-state index in [2.05, 4.69) is 48.8 Å². The molecule has 340 valence electrons. The van der Waals surface area contributed by atoms with Crippen LogP contribution in [0.5, 0.6) is 0 Å². The zero-order chi connectivity index (χ0) is 44.4. The zero-order valence-corrected chi connectivity index (χ0v) is 36.3. The number of amides is 6. The molecule has 0 radical (unpaired) electrons. The van der Waals surface area contributed by atoms with E-state index in [1.54, 1.807) is 0 Å². The third kappa shape index (κ3) is 29.2. The first-order valence-corrected chi connectivity index (χ1v) is 21.5. The van der Waals surface area contributed by atoms with Crippen molar-refractivity contribution in [2.75, 3.05) is 33.3 Å². The number of nitrogens with one attached hydrogen (secondary N) is 6. The molecule has 0 aliphatic heterocycles. The predicted octanol–water partition coefficient (Wildman–Crippen LogP) is 0.415. The summed E-state index contributed by atoms with van der Waals surface area (Å²) in [5.41, 5.74) is 21.7. The molecule has 0 fully saturated rings. The number of likely N-dealkylation sites (N-methyl/N-ethyl adjacent to an activating group) is 1. The molecule has 0 bridgehead atoms. The molecule has 59 heavy (non-hydrogen) atoms. The Balaban J connectivity index is 5.30. The van der Waals surface area contributed by atoms with Crippen molar-refractivity contribution in [3.63, 3.8) is 0 Å². The number of aliphatic imine (C=N–C) groups is 2. The summed E-state index contributed by atoms with van der Waals surface area (Å²) in [6.45, 7) is 5.07. The molecule has 4 atom stereocenters. The Kier molecular flexibility index (Phi) is 31.5. The molecule has 0 aliphatic carbocycles. The van der Waals surface area contributed by atoms with Gasteiger partial charge in [0.25, 0.3) is 0 Å². The number of nitrogens with two attached hydrogens (primary N) is 4. The average molecular weight is 839 g/mol. The van der Waals surface area contributed by atoms with Gasteiger partial charge >= 0.3 is 0 Å². The van der Waals surface area contributed by atoms with Gasteiger partial charge in [-0.05, 0) is 44.4 Å². The van der Waals surface area contributed by atoms with Gasteiger partial charge in [-0.25, -0.2) is 0 Å². The molecule has 0 spiro atoms. The maximum absolute atomic E-state index is 13.7. The van der Waals surface area contributed by atoms with E-state index < -0.39 is 66.9 Å². The third-order valence-corrected chi connectivity index (χ3v) is 9.53. The lowest BCUT2D eigenvalue weighted by Gasteiger charge is -2.26. The minimum absolute atomic E-state index is 0.0490. The van der Waals surface area contributed by atoms with E-state index in [0.29, 0.717) is 19.3 Å². The van der Waals surface area contributed by atoms with E-state index in [0.717, 1.165) is 19.3 Å². The highest BCUT2D eigenvalue weighted by Gasteiger charge is 2.30. The van der Waals surface area contributed by atoms with Crippen molar-refractivity contribution >= 4 is 47.4 Å². The number of carbonyl (C=O) groups is 6. The maximum Gasteiger partial charge on any atom is 0.245 e. The van der Waals surface area contributed by atoms with E-state index >= 15 is 0 Å². The van der Waals surface area contributed by atoms with Crippen LogP contribution in [0.2, 0.25) is 0 Å². The Morgan fingerprint density at radius 1 is 0.542 bits per heavy atom. The van der Waals surface area contributed by atoms with Crippen LogP contribution in [0, 0.1) is 5.92 Å². The number of rotatable bonds is 35. The van der Waals surface area contributed by atoms with Crippen LogP contribution < -0.4 is 54.8 Å². The molecule has 0 saturated carbocycles. The fourth-order valence-electron chi connectivity index (χ4n) is 6.27. The van der Waals surface area contributed by atoms with Gasteiger partial charge in [0.2, 0.25) is 35.4 Å². The van der Waals surface area contributed by atoms with Gasteiger partial charge in [-0.2, -0.15) is 0 Å². The van der Waals surface area contributed by atoms with Gasteiger partial charge in [-0.1, -0.05) is 97.8 Å². The van der Waals surface area contributed by atoms with E-state index in [9.17, 15) is 33.9 Å². The number of hydrogen-bond acceptors (Lipinski definition) is 9. The quantitative estimate of drug-likeness (QED) is 0.0236. The van der Waals surface area contributed by atoms with Crippen molar-refractivity contribution < 1.29 is 33.9 Å². The summed E-state index contributed by atoms with van der Waals surface area (Å²) in [6.07, 6.45) is 16.5. The van der Waals surface area contributed by atoms with Crippen LogP contribution >= 0.6 is 0 Å². The standard InChI is InChI=1S/C40H78N12O7/c1-5-6-7-8-9-10-11-12-13-14-15-16-17-22-33(54)50-32(27-53)36(57)48-26-34(55)49-29(20-18-23-46-39(41)42)37(58)51-30(21-19-24-47-40(43)44)38(59)52-31(25-28(2)3)35(56)45-4/h28-32,53H,5-27H2,1-4H3,(H,45,56)(H,48,57)(H,49,55)(H,50,54)(H,51,58)(H,52,59)(H4,41,42,46)(H4,43,44,47)/t29-,30-,31-,32-/m0/s1. The Morgan fingerprint density at radius 3 is 1.42 bits per heavy atom. The molecule has 19 nitrogen and oxygen atoms in total. The molecule has 6 amide bonds. The third-order valence-electron chi connectivity index (χ3n) is 9.53. The van der Waals surface area contributed by atoms with Gasteiger partial charge in [0, 0.05) is 26.6 Å². The highest BCUT2D eigenvalue weighted by Crippen LogP contribution is 2.13. The molecule has 0 aromatic heterocycles. The number of aliphatic hydroxyl groups excluding tert-OH is 1. The molecule has 19 heteroatoms. The van der Waals surface area contributed by atoms with E-state index in [1.165, 1.54) is 64.8 Å². The molecule has 15 N–H and O–H groups in total. The van der Waals surface area contributed by atoms with Crippen LogP contribution in [0.15, 0.2) is 9.98 Å². The van der Waals surface area contributed by atoms with Crippen LogP contribution in [-0.2, 0) is 28.8 Å². The zero-order valence-electron chi connectivity index (χ0n) is 36.3. The molecular formula is C40H78N12O7. The fourth-order valence-corrected chi connectivity index (χ4v) is 6.27. The summed E-state index contributed by atoms with van der Waals surface area (Å²) in [6, 6.07) is -4.47. The summed E-state index contributed by atoms with van der Waals surface area (Å²) in [5, 5.41) is 25.2. The van der Waals surface area contributed by atoms with Crippen LogP contribution in [0.25, 0.3) is 0 Å². The largest absolute Gasteiger partial charge is 0.394 e. The number of nitrogens with zero attached hydrogens (tertiary/aromatic N) is 2. The Labute approximate surface area is 351 Å². The second-order valence-electron chi connectivity index (χ2n) is 15.4. The van der Waals surface area contributed by atoms with Crippen molar-refractivity contribution in [1.82, 2.24) is 31.9 Å². The van der Waals surface area contributed by atoms with Crippen molar-refractivity contribution in [3.05, 3.63) is 0 Å². The van der Waals surface area contributed by atoms with Crippen molar-refractivity contribution in [2.45, 2.75) is 167 Å². The molecule has 0 heterocycles. The van der Waals surface area contributed by atoms with Gasteiger partial charge in [0.05, 0.1) is 13.2 Å². The average Bonchev–Trinajstić information content (AvgIpc) is 3.18. The monoisotopic (exact) mass is 839 g/mol. The summed E-state index contributed by atoms with van der Waals surface area (Å²) < 4.78 is 0. The van der Waals surface area contributed by atoms with Gasteiger partial charge in [0.15, 0.2) is 11.9 Å². The summed E-state index contributed by atoms with van der Waals surface area (Å²) >= 11 is 0. The fraction of sp³-hybridized carbons (Fsp3) is 0.800. The lowest BCUT2D eigenvalue weighted by Crippen LogP contribution is -2.57. The topological polar surface area (TPSA) is 324 Å². The molecule has 0 rings (SSSR count). The first-order valence-electron chi connectivity index (χ1n) is 21.5. The Morgan fingerprint density at radius 2 is 0.983 bits per heavy atom. The van der Waals surface area contributed by atoms with E-state index in [-0.39, 0.29) is 62.5 Å². The van der Waals surface area contributed by atoms with E-state index in [1.807, 2.05) is 13.8 Å². The SMILES string of the molecule is CCCCCCCCCCCCCCCC(=O)N[C@@H](CO)C(=O)NCC(=O)N[C@@H](CCCN=C(N)N)C(=O)N[C@@H](CCCN=C(N)N)C(=O)N[C@@H](CC(C)C)C(=O)NC. The number of carbonyl (C=O) groups excluding carboxylic acids is 6. The van der Waals surface area contributed by atoms with Crippen LogP contribution in [0.3, 0.4) is 0 Å². The van der Waals surface area contributed by atoms with Gasteiger partial charge in [-0.3, -0.25) is 38.8 Å². The Bertz CT molecular complexity index is 1290. The molecular weight excluding hydrogens is 761 g/mol. The van der Waals surface area contributed by atoms with Gasteiger partial charge < -0.3 is 59.9 Å². The summed E-state index contributed by atoms with van der Waals surface area (Å²) in [4.78, 5) is 85.9. The molecule has 0 aliphatic rings. The summed E-state index contributed by atoms with van der Waals surface area (Å²) in [7, 11) is 1.45. The predicted molar refractivity (Wildman–Crippen MR) is 231 cm³/mol. The van der Waals surface area contributed by atoms with Crippen molar-refractivity contribution in [2.24, 2.45) is 38.8 Å². The second-order valence-corrected chi connectivity index (χ2v) is 15.4. The first-order chi connectivity index (χ1) is 28.1. The van der Waals surface area contributed by atoms with Crippen molar-refractivity contribution in [3.8, 4) is 0 Å². The van der Waals surface area contributed by atoms with Crippen LogP contribution in [0.4, 0.5) is 0 Å². The lowest BCUT2D eigenvalue weighted by molar-refractivity contribution is -0.134. The molecule has 0 aromatic carbocycles. The first kappa shape index (κ1) is 54.3. The number of unbranched alkanes of at least 4 members (excludes halogenated alkanes) is 12. The van der Waals surface area contributed by atoms with Crippen LogP contribution in [0.1, 0.15) is 143 Å². The van der Waals surface area contributed by atoms with Crippen molar-refractivity contribution in [1.29, 1.82) is 0 Å². The minimum atomic E-state index is -1.27. The minimum Gasteiger partial charge on any atom is -0.394 e. The Hall–Kier alpha value is -4.68. The maximum atomic E-state index is 13.7. The number of guanidine groups is 2. The summed E-state index contributed by atoms with van der Waals surface area (Å²) in [5.74, 6) is -3.88. The van der Waals surface area contributed by atoms with Crippen LogP contribution in [-0.4, -0.2) is 110 Å². The molecule has 0 aromatic rings. The second kappa shape index (κ2) is 34.2. The molecule has 0 unspecified atom stereocenters. The van der Waals surface area contributed by atoms with Gasteiger partial charge in [-0.15, -0.1) is 0 Å². The number of aliphatic hydroxyl groups is 1. The normalized spacial score (nSPS) is 12.9. The van der Waals surface area contributed by atoms with Gasteiger partial charge in [0.1, 0.15) is 24.2 Å². The molecule has 0 saturated heterocycles. The number of hydrogen-bond donors (Lipinski definition) is 11. The lowest BCUT2D eigenvalue weighted by atomic mass is 10.0. The van der Waals surface area contributed by atoms with E-state index in [4.69, 9.17) is 22.9 Å². The highest BCUT2D eigenvalue weighted by molar-refractivity contribution is 5.95. The smallest absolute Gasteiger partial charge is 0.245 e.